The van der Waals surface area contributed by atoms with Crippen molar-refractivity contribution in [2.45, 2.75) is 44.1 Å². The van der Waals surface area contributed by atoms with Crippen molar-refractivity contribution in [3.63, 3.8) is 0 Å². The van der Waals surface area contributed by atoms with E-state index < -0.39 is 5.92 Å². The Morgan fingerprint density at radius 3 is 2.62 bits per heavy atom. The van der Waals surface area contributed by atoms with Crippen LogP contribution in [0.5, 0.6) is 0 Å². The Balaban J connectivity index is 1.02. The Morgan fingerprint density at radius 1 is 1.04 bits per heavy atom. The molecule has 3 aliphatic rings. The second-order valence-electron chi connectivity index (χ2n) is 11.9. The molecule has 0 bridgehead atoms. The Kier molecular flexibility index (Phi) is 7.27. The van der Waals surface area contributed by atoms with Gasteiger partial charge in [-0.05, 0) is 43.0 Å². The van der Waals surface area contributed by atoms with Crippen LogP contribution in [0.1, 0.15) is 42.9 Å². The smallest absolute Gasteiger partial charge is 0.235 e. The first-order valence-corrected chi connectivity index (χ1v) is 15.4. The maximum absolute atomic E-state index is 12.5. The lowest BCUT2D eigenvalue weighted by molar-refractivity contribution is -0.134. The first-order chi connectivity index (χ1) is 21.7. The van der Waals surface area contributed by atoms with Crippen LogP contribution in [0.15, 0.2) is 36.7 Å². The summed E-state index contributed by atoms with van der Waals surface area (Å²) < 4.78 is 1.78. The van der Waals surface area contributed by atoms with E-state index in [0.29, 0.717) is 41.7 Å². The maximum atomic E-state index is 12.5. The Morgan fingerprint density at radius 2 is 1.84 bits per heavy atom. The third kappa shape index (κ3) is 5.30. The summed E-state index contributed by atoms with van der Waals surface area (Å²) in [5.74, 6) is 1.01. The number of carbonyl (C=O) groups excluding carboxylic acids is 3. The Bertz CT molecular complexity index is 1850. The molecule has 14 heteroatoms. The monoisotopic (exact) mass is 628 g/mol. The van der Waals surface area contributed by atoms with Gasteiger partial charge in [-0.3, -0.25) is 24.4 Å². The zero-order valence-corrected chi connectivity index (χ0v) is 26.0. The van der Waals surface area contributed by atoms with E-state index >= 15 is 0 Å². The normalized spacial score (nSPS) is 18.8. The molecule has 1 atom stereocenters. The van der Waals surface area contributed by atoms with E-state index in [0.717, 1.165) is 59.6 Å². The van der Waals surface area contributed by atoms with Crippen LogP contribution >= 0.6 is 11.6 Å². The number of fused-ring (bicyclic) bond motifs is 2. The lowest BCUT2D eigenvalue weighted by Crippen LogP contribution is -2.44. The number of nitrogens with zero attached hydrogens (tertiary/aromatic N) is 8. The van der Waals surface area contributed by atoms with Gasteiger partial charge in [-0.2, -0.15) is 10.1 Å². The fourth-order valence-corrected chi connectivity index (χ4v) is 6.64. The van der Waals surface area contributed by atoms with Crippen LogP contribution in [-0.2, 0) is 27.9 Å². The fraction of sp³-hybridized carbons (Fsp3) is 0.387. The van der Waals surface area contributed by atoms with Crippen molar-refractivity contribution in [2.75, 3.05) is 47.2 Å². The van der Waals surface area contributed by atoms with Crippen LogP contribution < -0.4 is 25.3 Å². The number of amides is 3. The van der Waals surface area contributed by atoms with E-state index in [-0.39, 0.29) is 23.8 Å². The van der Waals surface area contributed by atoms with Gasteiger partial charge in [0.25, 0.3) is 0 Å². The van der Waals surface area contributed by atoms with Crippen molar-refractivity contribution < 1.29 is 14.4 Å². The number of nitrogens with one attached hydrogen (secondary N) is 2. The molecule has 232 valence electrons. The van der Waals surface area contributed by atoms with Crippen molar-refractivity contribution in [1.82, 2.24) is 30.0 Å². The minimum absolute atomic E-state index is 0.0735. The molecule has 0 spiro atoms. The highest BCUT2D eigenvalue weighted by Gasteiger charge is 2.32. The molecule has 3 aromatic heterocycles. The number of aryl methyl sites for hydroxylation is 1. The molecule has 4 aromatic rings. The molecule has 0 aliphatic carbocycles. The third-order valence-electron chi connectivity index (χ3n) is 9.12. The van der Waals surface area contributed by atoms with Crippen LogP contribution in [0.2, 0.25) is 5.02 Å². The van der Waals surface area contributed by atoms with Crippen molar-refractivity contribution in [1.29, 1.82) is 0 Å². The number of aromatic nitrogens is 5. The Hall–Kier alpha value is -4.78. The van der Waals surface area contributed by atoms with Crippen molar-refractivity contribution >= 4 is 69.2 Å². The molecule has 7 rings (SSSR count). The van der Waals surface area contributed by atoms with Gasteiger partial charge in [-0.15, -0.1) is 0 Å². The molecule has 6 heterocycles. The van der Waals surface area contributed by atoms with Crippen molar-refractivity contribution in [3.05, 3.63) is 52.9 Å². The molecule has 13 nitrogen and oxygen atoms in total. The summed E-state index contributed by atoms with van der Waals surface area (Å²) >= 11 is 6.48. The van der Waals surface area contributed by atoms with Crippen LogP contribution in [0.25, 0.3) is 10.9 Å². The van der Waals surface area contributed by atoms with E-state index in [1.54, 1.807) is 29.0 Å². The lowest BCUT2D eigenvalue weighted by atomic mass is 9.93. The molecule has 1 unspecified atom stereocenters. The highest BCUT2D eigenvalue weighted by atomic mass is 35.5. The van der Waals surface area contributed by atoms with E-state index in [4.69, 9.17) is 21.6 Å². The first kappa shape index (κ1) is 29.0. The number of pyridine rings is 1. The average Bonchev–Trinajstić information content (AvgIpc) is 3.51. The summed E-state index contributed by atoms with van der Waals surface area (Å²) in [6, 6.07) is 8.04. The summed E-state index contributed by atoms with van der Waals surface area (Å²) in [4.78, 5) is 56.2. The summed E-state index contributed by atoms with van der Waals surface area (Å²) in [7, 11) is 5.65. The quantitative estimate of drug-likeness (QED) is 0.306. The predicted octanol–water partition coefficient (Wildman–Crippen LogP) is 3.30. The molecule has 1 aromatic carbocycles. The maximum Gasteiger partial charge on any atom is 0.235 e. The van der Waals surface area contributed by atoms with Gasteiger partial charge in [-0.1, -0.05) is 11.6 Å². The molecular formula is C31H33ClN10O3. The van der Waals surface area contributed by atoms with E-state index in [1.165, 1.54) is 0 Å². The Labute approximate surface area is 264 Å². The molecule has 0 saturated carbocycles. The molecule has 2 fully saturated rings. The number of benzene rings is 1. The van der Waals surface area contributed by atoms with Gasteiger partial charge in [0.1, 0.15) is 10.8 Å². The van der Waals surface area contributed by atoms with Crippen molar-refractivity contribution in [3.8, 4) is 0 Å². The molecule has 3 amide bonds. The number of piperidine rings is 2. The number of likely N-dealkylation sites (N-methyl/N-ethyl adjacent to an activating group) is 1. The van der Waals surface area contributed by atoms with Gasteiger partial charge in [0.2, 0.25) is 23.7 Å². The largest absolute Gasteiger partial charge is 0.356 e. The number of hydrogen-bond acceptors (Lipinski definition) is 10. The molecule has 45 heavy (non-hydrogen) atoms. The van der Waals surface area contributed by atoms with Gasteiger partial charge in [0.15, 0.2) is 5.82 Å². The second-order valence-corrected chi connectivity index (χ2v) is 12.3. The van der Waals surface area contributed by atoms with Gasteiger partial charge in [0, 0.05) is 75.7 Å². The van der Waals surface area contributed by atoms with Crippen LogP contribution in [0.4, 0.5) is 29.0 Å². The number of carbonyl (C=O) groups is 3. The minimum atomic E-state index is -0.461. The SMILES string of the molecule is CN1C(=O)Cc2cc(Nc3nc(N(C)C4CCN(c5cc6c(cn5)c(C5CCC(=O)NC5=O)nn6C)CC4)ncc3Cl)ccc21. The zero-order valence-electron chi connectivity index (χ0n) is 25.2. The minimum Gasteiger partial charge on any atom is -0.356 e. The second kappa shape index (κ2) is 11.3. The number of anilines is 5. The van der Waals surface area contributed by atoms with Gasteiger partial charge < -0.3 is 20.0 Å². The molecule has 0 radical (unpaired) electrons. The fourth-order valence-electron chi connectivity index (χ4n) is 6.50. The van der Waals surface area contributed by atoms with Crippen LogP contribution in [-0.4, -0.2) is 75.7 Å². The van der Waals surface area contributed by atoms with Gasteiger partial charge in [0.05, 0.1) is 29.7 Å². The topological polar surface area (TPSA) is 141 Å². The first-order valence-electron chi connectivity index (χ1n) is 15.0. The highest BCUT2D eigenvalue weighted by molar-refractivity contribution is 6.32. The highest BCUT2D eigenvalue weighted by Crippen LogP contribution is 2.34. The standard InChI is InChI=1S/C31H33ClN10O3/c1-39(31-34-16-22(32)29(37-31)35-18-4-6-23-17(12-18)13-27(44)40(23)2)19-8-10-42(11-9-19)25-14-24-21(15-33-25)28(38-41(24)3)20-5-7-26(43)36-30(20)45/h4,6,12,14-16,19-20H,5,7-11,13H2,1-3H3,(H,34,35,37)(H,36,43,45). The lowest BCUT2D eigenvalue weighted by Gasteiger charge is -2.37. The summed E-state index contributed by atoms with van der Waals surface area (Å²) in [6.45, 7) is 1.60. The molecule has 2 saturated heterocycles. The number of imide groups is 1. The molecule has 3 aliphatic heterocycles. The number of halogens is 1. The number of hydrogen-bond donors (Lipinski definition) is 2. The van der Waals surface area contributed by atoms with Crippen LogP contribution in [0, 0.1) is 0 Å². The number of rotatable bonds is 6. The summed E-state index contributed by atoms with van der Waals surface area (Å²) in [5.41, 5.74) is 4.25. The summed E-state index contributed by atoms with van der Waals surface area (Å²) in [6.07, 6.45) is 6.29. The van der Waals surface area contributed by atoms with E-state index in [1.807, 2.05) is 38.4 Å². The molecule has 2 N–H and O–H groups in total. The average molecular weight is 629 g/mol. The third-order valence-corrected chi connectivity index (χ3v) is 9.40. The van der Waals surface area contributed by atoms with E-state index in [9.17, 15) is 14.4 Å². The van der Waals surface area contributed by atoms with Crippen molar-refractivity contribution in [2.24, 2.45) is 7.05 Å². The predicted molar refractivity (Wildman–Crippen MR) is 171 cm³/mol. The van der Waals surface area contributed by atoms with Crippen LogP contribution in [0.3, 0.4) is 0 Å². The molecular weight excluding hydrogens is 596 g/mol. The van der Waals surface area contributed by atoms with Gasteiger partial charge in [-0.25, -0.2) is 9.97 Å². The summed E-state index contributed by atoms with van der Waals surface area (Å²) in [5, 5.41) is 11.6. The van der Waals surface area contributed by atoms with Gasteiger partial charge >= 0.3 is 0 Å². The van der Waals surface area contributed by atoms with E-state index in [2.05, 4.69) is 30.5 Å². The zero-order chi connectivity index (χ0) is 31.4.